The maximum Gasteiger partial charge on any atom is 0.219 e. The van der Waals surface area contributed by atoms with Crippen LogP contribution in [0.1, 0.15) is 31.5 Å². The fourth-order valence-electron chi connectivity index (χ4n) is 1.53. The molecular weight excluding hydrogens is 218 g/mol. The average Bonchev–Trinajstić information content (AvgIpc) is 2.27. The van der Waals surface area contributed by atoms with E-state index >= 15 is 0 Å². The van der Waals surface area contributed by atoms with Gasteiger partial charge in [-0.05, 0) is 13.8 Å². The normalized spacial score (nSPS) is 10.1. The van der Waals surface area contributed by atoms with Gasteiger partial charge in [-0.1, -0.05) is 6.92 Å². The minimum absolute atomic E-state index is 0.0615. The van der Waals surface area contributed by atoms with Crippen LogP contribution in [0, 0.1) is 6.92 Å². The zero-order valence-corrected chi connectivity index (χ0v) is 10.5. The highest BCUT2D eigenvalue weighted by molar-refractivity contribution is 5.75. The Morgan fingerprint density at radius 1 is 1.41 bits per heavy atom. The smallest absolute Gasteiger partial charge is 0.219 e. The Balaban J connectivity index is 2.95. The van der Waals surface area contributed by atoms with E-state index < -0.39 is 0 Å². The minimum Gasteiger partial charge on any atom is -0.372 e. The second-order valence-electron chi connectivity index (χ2n) is 3.83. The third-order valence-electron chi connectivity index (χ3n) is 2.41. The number of amides is 1. The molecule has 0 aromatic carbocycles. The summed E-state index contributed by atoms with van der Waals surface area (Å²) in [6, 6.07) is 1.54. The molecule has 3 N–H and O–H groups in total. The highest BCUT2D eigenvalue weighted by Gasteiger charge is 2.08. The molecule has 0 spiro atoms. The number of nitrogens with one attached hydrogen (secondary N) is 3. The van der Waals surface area contributed by atoms with Crippen LogP contribution in [0.25, 0.3) is 0 Å². The van der Waals surface area contributed by atoms with Crippen molar-refractivity contribution < 1.29 is 4.79 Å². The Labute approximate surface area is 101 Å². The summed E-state index contributed by atoms with van der Waals surface area (Å²) in [4.78, 5) is 26.1. The lowest BCUT2D eigenvalue weighted by Crippen LogP contribution is -2.26. The fraction of sp³-hybridized carbons (Fsp3) is 0.500. The van der Waals surface area contributed by atoms with E-state index in [1.165, 1.54) is 6.07 Å². The van der Waals surface area contributed by atoms with Gasteiger partial charge in [0.25, 0.3) is 0 Å². The summed E-state index contributed by atoms with van der Waals surface area (Å²) >= 11 is 0. The molecule has 1 rings (SSSR count). The Bertz CT molecular complexity index is 452. The Hall–Kier alpha value is -1.78. The Kier molecular flexibility index (Phi) is 4.75. The number of rotatable bonds is 5. The molecule has 17 heavy (non-hydrogen) atoms. The molecule has 0 bridgehead atoms. The number of aryl methyl sites for hydroxylation is 1. The first-order valence-electron chi connectivity index (χ1n) is 5.81. The number of hydrogen-bond donors (Lipinski definition) is 3. The topological polar surface area (TPSA) is 74.0 Å². The quantitative estimate of drug-likeness (QED) is 0.719. The third-order valence-corrected chi connectivity index (χ3v) is 2.41. The Morgan fingerprint density at radius 2 is 2.12 bits per heavy atom. The van der Waals surface area contributed by atoms with Crippen LogP contribution in [0.3, 0.4) is 0 Å². The predicted octanol–water partition coefficient (Wildman–Crippen LogP) is 1.14. The summed E-state index contributed by atoms with van der Waals surface area (Å²) in [5, 5.41) is 5.80. The number of aromatic nitrogens is 1. The molecule has 1 amide bonds. The van der Waals surface area contributed by atoms with E-state index in [4.69, 9.17) is 0 Å². The molecule has 5 heteroatoms. The summed E-state index contributed by atoms with van der Waals surface area (Å²) in [6.07, 6.45) is 0.417. The lowest BCUT2D eigenvalue weighted by Gasteiger charge is -2.11. The van der Waals surface area contributed by atoms with Gasteiger partial charge < -0.3 is 15.6 Å². The maximum atomic E-state index is 11.8. The van der Waals surface area contributed by atoms with E-state index in [1.54, 1.807) is 6.92 Å². The number of carbonyl (C=O) groups is 1. The second-order valence-corrected chi connectivity index (χ2v) is 3.83. The van der Waals surface area contributed by atoms with E-state index in [0.29, 0.717) is 24.3 Å². The van der Waals surface area contributed by atoms with Crippen LogP contribution in [-0.2, 0) is 11.3 Å². The van der Waals surface area contributed by atoms with E-state index in [1.807, 2.05) is 13.8 Å². The highest BCUT2D eigenvalue weighted by Crippen LogP contribution is 2.08. The average molecular weight is 237 g/mol. The van der Waals surface area contributed by atoms with Crippen LogP contribution in [-0.4, -0.2) is 17.4 Å². The zero-order valence-electron chi connectivity index (χ0n) is 10.5. The molecule has 1 aromatic heterocycles. The summed E-state index contributed by atoms with van der Waals surface area (Å²) in [5.41, 5.74) is 1.31. The molecule has 0 saturated carbocycles. The van der Waals surface area contributed by atoms with Crippen LogP contribution in [0.2, 0.25) is 0 Å². The van der Waals surface area contributed by atoms with E-state index in [9.17, 15) is 9.59 Å². The molecule has 1 aromatic rings. The van der Waals surface area contributed by atoms with Crippen molar-refractivity contribution in [1.29, 1.82) is 0 Å². The molecule has 1 heterocycles. The van der Waals surface area contributed by atoms with Gasteiger partial charge >= 0.3 is 0 Å². The SMILES string of the molecule is CCNc1[nH]c(C)cc(=O)c1CNC(=O)CC. The monoisotopic (exact) mass is 237 g/mol. The van der Waals surface area contributed by atoms with Gasteiger partial charge in [-0.25, -0.2) is 0 Å². The number of H-pyrrole nitrogens is 1. The Morgan fingerprint density at radius 3 is 2.71 bits per heavy atom. The summed E-state index contributed by atoms with van der Waals surface area (Å²) in [5.74, 6) is 0.626. The van der Waals surface area contributed by atoms with Gasteiger partial charge in [0.2, 0.25) is 5.91 Å². The number of aromatic amines is 1. The molecule has 0 aliphatic rings. The van der Waals surface area contributed by atoms with E-state index in [2.05, 4.69) is 15.6 Å². The van der Waals surface area contributed by atoms with Crippen molar-refractivity contribution in [3.05, 3.63) is 27.5 Å². The predicted molar refractivity (Wildman–Crippen MR) is 68.1 cm³/mol. The molecule has 0 fully saturated rings. The van der Waals surface area contributed by atoms with Crippen molar-refractivity contribution in [1.82, 2.24) is 10.3 Å². The number of hydrogen-bond acceptors (Lipinski definition) is 3. The van der Waals surface area contributed by atoms with Gasteiger partial charge in [-0.2, -0.15) is 0 Å². The van der Waals surface area contributed by atoms with Crippen LogP contribution in [0.5, 0.6) is 0 Å². The van der Waals surface area contributed by atoms with Gasteiger partial charge in [0.15, 0.2) is 5.43 Å². The lowest BCUT2D eigenvalue weighted by molar-refractivity contribution is -0.120. The first kappa shape index (κ1) is 13.3. The van der Waals surface area contributed by atoms with Gasteiger partial charge in [0, 0.05) is 24.7 Å². The molecule has 0 aliphatic carbocycles. The van der Waals surface area contributed by atoms with Crippen molar-refractivity contribution in [2.45, 2.75) is 33.7 Å². The molecule has 94 valence electrons. The first-order chi connectivity index (χ1) is 8.08. The molecule has 0 unspecified atom stereocenters. The van der Waals surface area contributed by atoms with Gasteiger partial charge in [0.1, 0.15) is 5.82 Å². The van der Waals surface area contributed by atoms with Crippen LogP contribution < -0.4 is 16.1 Å². The molecular formula is C12H19N3O2. The highest BCUT2D eigenvalue weighted by atomic mass is 16.1. The third kappa shape index (κ3) is 3.62. The van der Waals surface area contributed by atoms with E-state index in [-0.39, 0.29) is 17.9 Å². The number of pyridine rings is 1. The van der Waals surface area contributed by atoms with Crippen LogP contribution >= 0.6 is 0 Å². The minimum atomic E-state index is -0.0626. The van der Waals surface area contributed by atoms with Crippen molar-refractivity contribution in [3.63, 3.8) is 0 Å². The summed E-state index contributed by atoms with van der Waals surface area (Å²) < 4.78 is 0. The summed E-state index contributed by atoms with van der Waals surface area (Å²) in [6.45, 7) is 6.53. The largest absolute Gasteiger partial charge is 0.372 e. The second kappa shape index (κ2) is 6.08. The van der Waals surface area contributed by atoms with Crippen LogP contribution in [0.4, 0.5) is 5.82 Å². The van der Waals surface area contributed by atoms with Crippen molar-refractivity contribution in [2.75, 3.05) is 11.9 Å². The molecule has 0 saturated heterocycles. The maximum absolute atomic E-state index is 11.8. The van der Waals surface area contributed by atoms with Crippen LogP contribution in [0.15, 0.2) is 10.9 Å². The number of anilines is 1. The fourth-order valence-corrected chi connectivity index (χ4v) is 1.53. The standard InChI is InChI=1S/C12H19N3O2/c1-4-11(17)14-7-9-10(16)6-8(3)15-12(9)13-5-2/h6H,4-5,7H2,1-3H3,(H,14,17)(H2,13,15,16). The molecule has 0 aliphatic heterocycles. The van der Waals surface area contributed by atoms with Gasteiger partial charge in [-0.15, -0.1) is 0 Å². The summed E-state index contributed by atoms with van der Waals surface area (Å²) in [7, 11) is 0. The zero-order chi connectivity index (χ0) is 12.8. The van der Waals surface area contributed by atoms with E-state index in [0.717, 1.165) is 5.69 Å². The molecule has 5 nitrogen and oxygen atoms in total. The van der Waals surface area contributed by atoms with Gasteiger partial charge in [0.05, 0.1) is 12.1 Å². The lowest BCUT2D eigenvalue weighted by atomic mass is 10.2. The van der Waals surface area contributed by atoms with Crippen molar-refractivity contribution in [2.24, 2.45) is 0 Å². The molecule has 0 atom stereocenters. The van der Waals surface area contributed by atoms with Crippen molar-refractivity contribution in [3.8, 4) is 0 Å². The molecule has 0 radical (unpaired) electrons. The van der Waals surface area contributed by atoms with Gasteiger partial charge in [-0.3, -0.25) is 9.59 Å². The number of carbonyl (C=O) groups excluding carboxylic acids is 1. The first-order valence-corrected chi connectivity index (χ1v) is 5.81. The van der Waals surface area contributed by atoms with Crippen molar-refractivity contribution >= 4 is 11.7 Å².